The summed E-state index contributed by atoms with van der Waals surface area (Å²) in [5.41, 5.74) is 2.86. The molecule has 1 fully saturated rings. The summed E-state index contributed by atoms with van der Waals surface area (Å²) in [5.74, 6) is -3.39. The van der Waals surface area contributed by atoms with Crippen LogP contribution in [0, 0.1) is 11.7 Å². The number of rotatable bonds is 10. The Bertz CT molecular complexity index is 1260. The van der Waals surface area contributed by atoms with Crippen LogP contribution in [-0.2, 0) is 32.2 Å². The van der Waals surface area contributed by atoms with Gasteiger partial charge in [-0.2, -0.15) is 10.1 Å². The minimum absolute atomic E-state index is 0.0169. The number of ether oxygens (including phenoxy) is 2. The number of methoxy groups -OCH3 is 1. The molecule has 2 aromatic carbocycles. The number of carboxylic acids is 1. The molecular formula is C27H30ClFN4O5. The monoisotopic (exact) mass is 544 g/mol. The highest BCUT2D eigenvalue weighted by Crippen LogP contribution is 2.33. The van der Waals surface area contributed by atoms with Crippen LogP contribution in [0.4, 0.5) is 10.1 Å². The molecule has 1 saturated heterocycles. The fourth-order valence-electron chi connectivity index (χ4n) is 4.38. The number of hydrogen-bond donors (Lipinski definition) is 2. The number of hydrogen-bond acceptors (Lipinski definition) is 7. The van der Waals surface area contributed by atoms with Crippen molar-refractivity contribution in [3.8, 4) is 0 Å². The second-order valence-electron chi connectivity index (χ2n) is 9.06. The number of nitrogens with one attached hydrogen (secondary N) is 1. The van der Waals surface area contributed by atoms with Gasteiger partial charge < -0.3 is 19.9 Å². The van der Waals surface area contributed by atoms with Gasteiger partial charge in [-0.05, 0) is 36.2 Å². The van der Waals surface area contributed by atoms with E-state index in [-0.39, 0.29) is 28.6 Å². The largest absolute Gasteiger partial charge is 0.481 e. The van der Waals surface area contributed by atoms with Gasteiger partial charge in [-0.25, -0.2) is 4.39 Å². The van der Waals surface area contributed by atoms with E-state index in [1.807, 2.05) is 18.2 Å². The lowest BCUT2D eigenvalue weighted by molar-refractivity contribution is -0.138. The van der Waals surface area contributed by atoms with E-state index in [2.05, 4.69) is 21.4 Å². The number of morpholine rings is 1. The fraction of sp³-hybridized carbons (Fsp3) is 0.370. The van der Waals surface area contributed by atoms with Crippen molar-refractivity contribution in [2.75, 3.05) is 45.0 Å². The molecule has 1 unspecified atom stereocenters. The van der Waals surface area contributed by atoms with Gasteiger partial charge in [-0.1, -0.05) is 35.9 Å². The first kappa shape index (κ1) is 27.7. The van der Waals surface area contributed by atoms with E-state index in [0.29, 0.717) is 25.5 Å². The summed E-state index contributed by atoms with van der Waals surface area (Å²) in [5, 5.41) is 18.3. The minimum atomic E-state index is -1.14. The highest BCUT2D eigenvalue weighted by molar-refractivity contribution is 6.37. The molecule has 0 spiro atoms. The second kappa shape index (κ2) is 12.5. The predicted octanol–water partition coefficient (Wildman–Crippen LogP) is 3.42. The quantitative estimate of drug-likeness (QED) is 0.442. The van der Waals surface area contributed by atoms with Crippen molar-refractivity contribution in [2.45, 2.75) is 20.0 Å². The van der Waals surface area contributed by atoms with E-state index in [0.717, 1.165) is 47.9 Å². The lowest BCUT2D eigenvalue weighted by Gasteiger charge is -2.27. The van der Waals surface area contributed by atoms with E-state index in [1.165, 1.54) is 20.1 Å². The van der Waals surface area contributed by atoms with Gasteiger partial charge >= 0.3 is 5.97 Å². The highest BCUT2D eigenvalue weighted by atomic mass is 35.5. The van der Waals surface area contributed by atoms with Gasteiger partial charge in [0.15, 0.2) is 0 Å². The van der Waals surface area contributed by atoms with Crippen molar-refractivity contribution >= 4 is 34.9 Å². The summed E-state index contributed by atoms with van der Waals surface area (Å²) in [6.45, 7) is 5.71. The number of aliphatic carboxylic acids is 1. The molecule has 11 heteroatoms. The number of hydrazone groups is 1. The van der Waals surface area contributed by atoms with E-state index in [1.54, 1.807) is 0 Å². The van der Waals surface area contributed by atoms with Gasteiger partial charge in [0.2, 0.25) is 0 Å². The Morgan fingerprint density at radius 1 is 1.24 bits per heavy atom. The Hall–Kier alpha value is -3.31. The van der Waals surface area contributed by atoms with Crippen LogP contribution in [-0.4, -0.2) is 67.6 Å². The molecule has 0 radical (unpaired) electrons. The first-order chi connectivity index (χ1) is 18.3. The number of nitrogens with zero attached hydrogens (tertiary/aromatic N) is 3. The maximum atomic E-state index is 13.6. The van der Waals surface area contributed by atoms with E-state index in [9.17, 15) is 19.1 Å². The molecule has 1 amide bonds. The number of carbonyl (C=O) groups is 2. The average molecular weight is 545 g/mol. The van der Waals surface area contributed by atoms with Crippen molar-refractivity contribution in [1.82, 2.24) is 10.2 Å². The number of carboxylic acid groups (broad SMARTS) is 1. The van der Waals surface area contributed by atoms with Crippen LogP contribution < -0.4 is 10.3 Å². The van der Waals surface area contributed by atoms with Crippen LogP contribution in [0.3, 0.4) is 0 Å². The lowest BCUT2D eigenvalue weighted by Crippen LogP contribution is -2.36. The number of benzene rings is 2. The summed E-state index contributed by atoms with van der Waals surface area (Å²) in [4.78, 5) is 27.9. The highest BCUT2D eigenvalue weighted by Gasteiger charge is 2.39. The van der Waals surface area contributed by atoms with E-state index < -0.39 is 23.6 Å². The Morgan fingerprint density at radius 3 is 2.61 bits per heavy atom. The molecule has 0 aromatic heterocycles. The maximum Gasteiger partial charge on any atom is 0.312 e. The molecule has 2 heterocycles. The standard InChI is InChI=1S/C27H30ClFN4O5/c1-17(27(35)36)25-24(26(34)33(31-25)23-8-7-20(29)13-21(23)28)22(16-37-2)30-14-18-5-3-4-6-19(18)15-32-9-11-38-12-10-32/h3-8,13,17,30H,9-12,14-16H2,1-2H3,(H,35,36). The Balaban J connectivity index is 1.66. The number of halogens is 2. The molecule has 9 nitrogen and oxygen atoms in total. The van der Waals surface area contributed by atoms with Gasteiger partial charge in [0, 0.05) is 33.3 Å². The average Bonchev–Trinajstić information content (AvgIpc) is 3.23. The van der Waals surface area contributed by atoms with Crippen LogP contribution in [0.2, 0.25) is 5.02 Å². The molecule has 0 aliphatic carbocycles. The SMILES string of the molecule is COCC(NCc1ccccc1CN1CCOCC1)=C1C(=O)N(c2ccc(F)cc2Cl)N=C1C(C)C(=O)O. The Labute approximate surface area is 225 Å². The number of anilines is 1. The first-order valence-electron chi connectivity index (χ1n) is 12.2. The molecule has 1 atom stereocenters. The fourth-order valence-corrected chi connectivity index (χ4v) is 4.63. The zero-order valence-electron chi connectivity index (χ0n) is 21.2. The Kier molecular flexibility index (Phi) is 9.11. The summed E-state index contributed by atoms with van der Waals surface area (Å²) in [6.07, 6.45) is 0. The summed E-state index contributed by atoms with van der Waals surface area (Å²) >= 11 is 6.20. The summed E-state index contributed by atoms with van der Waals surface area (Å²) in [6, 6.07) is 11.6. The molecule has 2 aromatic rings. The van der Waals surface area contributed by atoms with E-state index in [4.69, 9.17) is 21.1 Å². The van der Waals surface area contributed by atoms with Crippen molar-refractivity contribution in [2.24, 2.45) is 11.0 Å². The molecule has 2 N–H and O–H groups in total. The van der Waals surface area contributed by atoms with Crippen molar-refractivity contribution in [3.63, 3.8) is 0 Å². The molecule has 2 aliphatic rings. The first-order valence-corrected chi connectivity index (χ1v) is 12.6. The smallest absolute Gasteiger partial charge is 0.312 e. The molecule has 38 heavy (non-hydrogen) atoms. The van der Waals surface area contributed by atoms with Gasteiger partial charge in [0.1, 0.15) is 5.82 Å². The van der Waals surface area contributed by atoms with Crippen LogP contribution in [0.1, 0.15) is 18.1 Å². The topological polar surface area (TPSA) is 104 Å². The molecule has 0 saturated carbocycles. The predicted molar refractivity (Wildman–Crippen MR) is 141 cm³/mol. The molecule has 202 valence electrons. The maximum absolute atomic E-state index is 13.6. The van der Waals surface area contributed by atoms with Crippen LogP contribution in [0.5, 0.6) is 0 Å². The van der Waals surface area contributed by atoms with Crippen molar-refractivity contribution in [3.05, 3.63) is 75.7 Å². The van der Waals surface area contributed by atoms with Crippen molar-refractivity contribution < 1.29 is 28.6 Å². The zero-order valence-corrected chi connectivity index (χ0v) is 22.0. The zero-order chi connectivity index (χ0) is 27.2. The summed E-state index contributed by atoms with van der Waals surface area (Å²) in [7, 11) is 1.49. The molecular weight excluding hydrogens is 515 g/mol. The summed E-state index contributed by atoms with van der Waals surface area (Å²) < 4.78 is 24.5. The Morgan fingerprint density at radius 2 is 1.95 bits per heavy atom. The van der Waals surface area contributed by atoms with Gasteiger partial charge in [0.25, 0.3) is 5.91 Å². The third-order valence-corrected chi connectivity index (χ3v) is 6.79. The van der Waals surface area contributed by atoms with Crippen molar-refractivity contribution in [1.29, 1.82) is 0 Å². The molecule has 4 rings (SSSR count). The molecule has 2 aliphatic heterocycles. The number of amides is 1. The van der Waals surface area contributed by atoms with Crippen LogP contribution in [0.15, 0.2) is 58.8 Å². The van der Waals surface area contributed by atoms with Gasteiger partial charge in [0.05, 0.1) is 53.4 Å². The van der Waals surface area contributed by atoms with Crippen LogP contribution >= 0.6 is 11.6 Å². The minimum Gasteiger partial charge on any atom is -0.481 e. The molecule has 0 bridgehead atoms. The number of carbonyl (C=O) groups excluding carboxylic acids is 1. The van der Waals surface area contributed by atoms with E-state index >= 15 is 0 Å². The normalized spacial score (nSPS) is 18.4. The van der Waals surface area contributed by atoms with Crippen LogP contribution in [0.25, 0.3) is 0 Å². The van der Waals surface area contributed by atoms with Gasteiger partial charge in [-0.15, -0.1) is 0 Å². The third kappa shape index (κ3) is 6.21. The van der Waals surface area contributed by atoms with Gasteiger partial charge in [-0.3, -0.25) is 14.5 Å². The lowest BCUT2D eigenvalue weighted by atomic mass is 9.96. The third-order valence-electron chi connectivity index (χ3n) is 6.49. The second-order valence-corrected chi connectivity index (χ2v) is 9.46.